The molecule has 0 fully saturated rings. The van der Waals surface area contributed by atoms with Gasteiger partial charge in [0.1, 0.15) is 0 Å². The number of pyridine rings is 1. The van der Waals surface area contributed by atoms with Crippen LogP contribution in [0, 0.1) is 6.92 Å². The molecule has 0 aliphatic carbocycles. The molecule has 7 nitrogen and oxygen atoms in total. The molecule has 0 saturated heterocycles. The molecule has 172 valence electrons. The summed E-state index contributed by atoms with van der Waals surface area (Å²) in [7, 11) is -5.53. The Kier molecular flexibility index (Phi) is 5.49. The Labute approximate surface area is 190 Å². The van der Waals surface area contributed by atoms with Crippen LogP contribution >= 0.6 is 11.6 Å². The van der Waals surface area contributed by atoms with Crippen LogP contribution in [0.3, 0.4) is 0 Å². The van der Waals surface area contributed by atoms with Crippen molar-refractivity contribution in [2.24, 2.45) is 0 Å². The van der Waals surface area contributed by atoms with E-state index in [0.717, 1.165) is 39.8 Å². The number of fused-ring (bicyclic) bond motifs is 1. The molecule has 1 N–H and O–H groups in total. The average molecular weight is 498 g/mol. The molecule has 0 amide bonds. The molecule has 4 rings (SSSR count). The van der Waals surface area contributed by atoms with Gasteiger partial charge in [-0.15, -0.1) is 0 Å². The van der Waals surface area contributed by atoms with Gasteiger partial charge in [-0.2, -0.15) is 13.2 Å². The van der Waals surface area contributed by atoms with Crippen LogP contribution < -0.4 is 5.69 Å². The van der Waals surface area contributed by atoms with Gasteiger partial charge in [0.05, 0.1) is 28.3 Å². The maximum atomic E-state index is 13.1. The van der Waals surface area contributed by atoms with E-state index in [1.807, 2.05) is 0 Å². The van der Waals surface area contributed by atoms with E-state index < -0.39 is 31.8 Å². The maximum Gasteiger partial charge on any atom is 0.501 e. The van der Waals surface area contributed by atoms with Crippen LogP contribution in [0.2, 0.25) is 5.02 Å². The molecule has 2 aromatic carbocycles. The van der Waals surface area contributed by atoms with Crippen molar-refractivity contribution in [2.75, 3.05) is 0 Å². The van der Waals surface area contributed by atoms with Gasteiger partial charge >= 0.3 is 11.2 Å². The van der Waals surface area contributed by atoms with Gasteiger partial charge in [-0.1, -0.05) is 17.7 Å². The molecule has 0 bridgehead atoms. The predicted octanol–water partition coefficient (Wildman–Crippen LogP) is 4.20. The van der Waals surface area contributed by atoms with Gasteiger partial charge in [0.15, 0.2) is 0 Å². The second-order valence-electron chi connectivity index (χ2n) is 7.19. The standard InChI is InChI=1S/C21H15ClF3N3O4S/c1-12-19(29)28(15-3-5-16(6-4-15)33(31,32)21(23,24)25)20(30)27(12)11-13-8-9-26-18-10-14(22)2-7-17(13)18/h2-10,29H,11H2,1H3. The van der Waals surface area contributed by atoms with Crippen molar-refractivity contribution < 1.29 is 26.7 Å². The second kappa shape index (κ2) is 7.92. The number of benzene rings is 2. The van der Waals surface area contributed by atoms with Gasteiger partial charge in [-0.3, -0.25) is 9.55 Å². The molecule has 0 saturated carbocycles. The number of nitrogens with zero attached hydrogens (tertiary/aromatic N) is 3. The van der Waals surface area contributed by atoms with Crippen molar-refractivity contribution in [3.63, 3.8) is 0 Å². The molecule has 33 heavy (non-hydrogen) atoms. The zero-order valence-corrected chi connectivity index (χ0v) is 18.4. The van der Waals surface area contributed by atoms with Crippen molar-refractivity contribution >= 4 is 32.3 Å². The van der Waals surface area contributed by atoms with Gasteiger partial charge in [0.25, 0.3) is 9.84 Å². The zero-order chi connectivity index (χ0) is 24.1. The summed E-state index contributed by atoms with van der Waals surface area (Å²) in [4.78, 5) is 16.4. The fourth-order valence-electron chi connectivity index (χ4n) is 3.45. The molecule has 0 aliphatic heterocycles. The first-order valence-corrected chi connectivity index (χ1v) is 11.2. The first kappa shape index (κ1) is 22.9. The van der Waals surface area contributed by atoms with Gasteiger partial charge < -0.3 is 5.11 Å². The molecule has 0 spiro atoms. The van der Waals surface area contributed by atoms with Crippen LogP contribution in [0.4, 0.5) is 13.2 Å². The van der Waals surface area contributed by atoms with Crippen LogP contribution in [0.15, 0.2) is 64.4 Å². The van der Waals surface area contributed by atoms with Crippen LogP contribution in [0.5, 0.6) is 5.88 Å². The summed E-state index contributed by atoms with van der Waals surface area (Å²) in [5.74, 6) is -0.423. The fourth-order valence-corrected chi connectivity index (χ4v) is 4.38. The van der Waals surface area contributed by atoms with E-state index in [4.69, 9.17) is 11.6 Å². The van der Waals surface area contributed by atoms with Crippen molar-refractivity contribution in [3.05, 3.63) is 81.5 Å². The monoisotopic (exact) mass is 497 g/mol. The lowest BCUT2D eigenvalue weighted by Gasteiger charge is -2.09. The largest absolute Gasteiger partial charge is 0.501 e. The summed E-state index contributed by atoms with van der Waals surface area (Å²) in [5, 5.41) is 11.8. The summed E-state index contributed by atoms with van der Waals surface area (Å²) in [5.41, 5.74) is -4.54. The van der Waals surface area contributed by atoms with E-state index in [-0.39, 0.29) is 17.9 Å². The fraction of sp³-hybridized carbons (Fsp3) is 0.143. The van der Waals surface area contributed by atoms with Crippen LogP contribution in [-0.4, -0.2) is 33.2 Å². The number of hydrogen-bond acceptors (Lipinski definition) is 5. The number of sulfone groups is 1. The van der Waals surface area contributed by atoms with E-state index in [9.17, 15) is 31.5 Å². The minimum Gasteiger partial charge on any atom is -0.493 e. The van der Waals surface area contributed by atoms with Gasteiger partial charge in [-0.25, -0.2) is 17.8 Å². The van der Waals surface area contributed by atoms with Gasteiger partial charge in [-0.05, 0) is 55.0 Å². The van der Waals surface area contributed by atoms with Crippen LogP contribution in [-0.2, 0) is 16.4 Å². The Hall–Kier alpha value is -3.31. The normalized spacial score (nSPS) is 12.4. The van der Waals surface area contributed by atoms with E-state index >= 15 is 0 Å². The number of hydrogen-bond donors (Lipinski definition) is 1. The SMILES string of the molecule is Cc1c(O)n(-c2ccc(S(=O)(=O)C(F)(F)F)cc2)c(=O)n1Cc1ccnc2cc(Cl)ccc12. The summed E-state index contributed by atoms with van der Waals surface area (Å²) in [6, 6.07) is 10.3. The van der Waals surface area contributed by atoms with Crippen molar-refractivity contribution in [1.29, 1.82) is 0 Å². The molecule has 0 unspecified atom stereocenters. The lowest BCUT2D eigenvalue weighted by molar-refractivity contribution is -0.0436. The summed E-state index contributed by atoms with van der Waals surface area (Å²) < 4.78 is 63.6. The lowest BCUT2D eigenvalue weighted by Crippen LogP contribution is -2.25. The number of imidazole rings is 1. The topological polar surface area (TPSA) is 94.2 Å². The average Bonchev–Trinajstić information content (AvgIpc) is 2.96. The molecular weight excluding hydrogens is 483 g/mol. The molecule has 2 heterocycles. The molecule has 0 radical (unpaired) electrons. The number of aromatic hydroxyl groups is 1. The minimum absolute atomic E-state index is 0.00634. The molecule has 0 atom stereocenters. The third kappa shape index (κ3) is 3.87. The number of rotatable bonds is 4. The highest BCUT2D eigenvalue weighted by Crippen LogP contribution is 2.31. The highest BCUT2D eigenvalue weighted by atomic mass is 35.5. The highest BCUT2D eigenvalue weighted by Gasteiger charge is 2.46. The Morgan fingerprint density at radius 1 is 1.09 bits per heavy atom. The zero-order valence-electron chi connectivity index (χ0n) is 16.8. The Balaban J connectivity index is 1.77. The highest BCUT2D eigenvalue weighted by molar-refractivity contribution is 7.92. The third-order valence-electron chi connectivity index (χ3n) is 5.20. The molecule has 0 aliphatic rings. The van der Waals surface area contributed by atoms with Crippen LogP contribution in [0.1, 0.15) is 11.3 Å². The Morgan fingerprint density at radius 2 is 1.76 bits per heavy atom. The summed E-state index contributed by atoms with van der Waals surface area (Å²) in [6.07, 6.45) is 1.56. The summed E-state index contributed by atoms with van der Waals surface area (Å²) in [6.45, 7) is 1.59. The lowest BCUT2D eigenvalue weighted by atomic mass is 10.1. The molecule has 12 heteroatoms. The van der Waals surface area contributed by atoms with Crippen LogP contribution in [0.25, 0.3) is 16.6 Å². The van der Waals surface area contributed by atoms with Crippen molar-refractivity contribution in [2.45, 2.75) is 23.9 Å². The molecule has 4 aromatic rings. The Bertz CT molecular complexity index is 1540. The third-order valence-corrected chi connectivity index (χ3v) is 6.93. The van der Waals surface area contributed by atoms with E-state index in [1.165, 1.54) is 11.5 Å². The predicted molar refractivity (Wildman–Crippen MR) is 116 cm³/mol. The Morgan fingerprint density at radius 3 is 2.39 bits per heavy atom. The summed E-state index contributed by atoms with van der Waals surface area (Å²) >= 11 is 6.01. The molecular formula is C21H15ClF3N3O4S. The minimum atomic E-state index is -5.53. The first-order chi connectivity index (χ1) is 15.4. The van der Waals surface area contributed by atoms with E-state index in [1.54, 1.807) is 30.5 Å². The first-order valence-electron chi connectivity index (χ1n) is 9.38. The number of halogens is 4. The smallest absolute Gasteiger partial charge is 0.493 e. The maximum absolute atomic E-state index is 13.1. The quantitative estimate of drug-likeness (QED) is 0.456. The number of aromatic nitrogens is 3. The second-order valence-corrected chi connectivity index (χ2v) is 9.57. The van der Waals surface area contributed by atoms with E-state index in [2.05, 4.69) is 4.98 Å². The van der Waals surface area contributed by atoms with E-state index in [0.29, 0.717) is 10.5 Å². The van der Waals surface area contributed by atoms with Gasteiger partial charge in [0.2, 0.25) is 5.88 Å². The van der Waals surface area contributed by atoms with Crippen molar-refractivity contribution in [3.8, 4) is 11.6 Å². The van der Waals surface area contributed by atoms with Gasteiger partial charge in [0, 0.05) is 16.6 Å². The number of alkyl halides is 3. The molecule has 2 aromatic heterocycles. The van der Waals surface area contributed by atoms with Crippen molar-refractivity contribution in [1.82, 2.24) is 14.1 Å².